The Morgan fingerprint density at radius 1 is 1.36 bits per heavy atom. The second-order valence-electron chi connectivity index (χ2n) is 2.91. The SMILES string of the molecule is COC(Cc1c(N)cccc1F)OC. The van der Waals surface area contributed by atoms with E-state index in [1.807, 2.05) is 0 Å². The van der Waals surface area contributed by atoms with Gasteiger partial charge in [-0.15, -0.1) is 0 Å². The maximum absolute atomic E-state index is 13.3. The van der Waals surface area contributed by atoms with Crippen molar-refractivity contribution in [3.63, 3.8) is 0 Å². The summed E-state index contributed by atoms with van der Waals surface area (Å²) < 4.78 is 23.2. The van der Waals surface area contributed by atoms with Crippen LogP contribution in [0, 0.1) is 5.82 Å². The van der Waals surface area contributed by atoms with E-state index in [4.69, 9.17) is 15.2 Å². The van der Waals surface area contributed by atoms with Gasteiger partial charge in [0.2, 0.25) is 0 Å². The van der Waals surface area contributed by atoms with E-state index in [0.717, 1.165) is 0 Å². The highest BCUT2D eigenvalue weighted by Gasteiger charge is 2.12. The second-order valence-corrected chi connectivity index (χ2v) is 2.91. The molecular weight excluding hydrogens is 185 g/mol. The Morgan fingerprint density at radius 2 is 2.00 bits per heavy atom. The molecule has 0 atom stereocenters. The van der Waals surface area contributed by atoms with Crippen molar-refractivity contribution in [1.82, 2.24) is 0 Å². The fourth-order valence-corrected chi connectivity index (χ4v) is 1.22. The number of hydrogen-bond acceptors (Lipinski definition) is 3. The summed E-state index contributed by atoms with van der Waals surface area (Å²) in [5.41, 5.74) is 6.48. The van der Waals surface area contributed by atoms with Crippen LogP contribution in [0.3, 0.4) is 0 Å². The van der Waals surface area contributed by atoms with Crippen molar-refractivity contribution in [1.29, 1.82) is 0 Å². The standard InChI is InChI=1S/C10H14FNO2/c1-13-10(14-2)6-7-8(11)4-3-5-9(7)12/h3-5,10H,6,12H2,1-2H3. The maximum Gasteiger partial charge on any atom is 0.160 e. The van der Waals surface area contributed by atoms with Gasteiger partial charge < -0.3 is 15.2 Å². The number of ether oxygens (including phenoxy) is 2. The van der Waals surface area contributed by atoms with Gasteiger partial charge in [0.25, 0.3) is 0 Å². The van der Waals surface area contributed by atoms with E-state index in [9.17, 15) is 4.39 Å². The molecule has 14 heavy (non-hydrogen) atoms. The molecule has 1 rings (SSSR count). The Balaban J connectivity index is 2.84. The zero-order valence-corrected chi connectivity index (χ0v) is 8.29. The Morgan fingerprint density at radius 3 is 2.50 bits per heavy atom. The van der Waals surface area contributed by atoms with Gasteiger partial charge in [0.15, 0.2) is 6.29 Å². The molecule has 0 aliphatic rings. The molecule has 0 aromatic heterocycles. The molecule has 78 valence electrons. The smallest absolute Gasteiger partial charge is 0.160 e. The van der Waals surface area contributed by atoms with Gasteiger partial charge in [-0.3, -0.25) is 0 Å². The van der Waals surface area contributed by atoms with E-state index in [0.29, 0.717) is 17.7 Å². The maximum atomic E-state index is 13.3. The van der Waals surface area contributed by atoms with E-state index in [1.54, 1.807) is 12.1 Å². The van der Waals surface area contributed by atoms with Crippen molar-refractivity contribution in [2.75, 3.05) is 20.0 Å². The summed E-state index contributed by atoms with van der Waals surface area (Å²) >= 11 is 0. The van der Waals surface area contributed by atoms with Crippen molar-refractivity contribution in [3.8, 4) is 0 Å². The fourth-order valence-electron chi connectivity index (χ4n) is 1.22. The molecule has 2 N–H and O–H groups in total. The molecular formula is C10H14FNO2. The average Bonchev–Trinajstić information content (AvgIpc) is 2.18. The third-order valence-electron chi connectivity index (χ3n) is 2.05. The quantitative estimate of drug-likeness (QED) is 0.591. The van der Waals surface area contributed by atoms with Crippen LogP contribution in [0.5, 0.6) is 0 Å². The molecule has 0 fully saturated rings. The number of anilines is 1. The zero-order chi connectivity index (χ0) is 10.6. The topological polar surface area (TPSA) is 44.5 Å². The molecule has 0 heterocycles. The molecule has 0 radical (unpaired) electrons. The molecule has 0 aliphatic carbocycles. The van der Waals surface area contributed by atoms with Crippen LogP contribution < -0.4 is 5.73 Å². The predicted molar refractivity (Wildman–Crippen MR) is 52.3 cm³/mol. The van der Waals surface area contributed by atoms with E-state index < -0.39 is 6.29 Å². The van der Waals surface area contributed by atoms with Crippen LogP contribution in [0.2, 0.25) is 0 Å². The first-order valence-electron chi connectivity index (χ1n) is 4.27. The van der Waals surface area contributed by atoms with E-state index in [-0.39, 0.29) is 5.82 Å². The second kappa shape index (κ2) is 4.93. The van der Waals surface area contributed by atoms with Gasteiger partial charge >= 0.3 is 0 Å². The first-order valence-corrected chi connectivity index (χ1v) is 4.27. The minimum absolute atomic E-state index is 0.311. The summed E-state index contributed by atoms with van der Waals surface area (Å²) in [6.07, 6.45) is -0.153. The summed E-state index contributed by atoms with van der Waals surface area (Å²) in [4.78, 5) is 0. The number of rotatable bonds is 4. The van der Waals surface area contributed by atoms with Gasteiger partial charge in [-0.2, -0.15) is 0 Å². The Hall–Kier alpha value is -1.13. The number of halogens is 1. The Bertz CT molecular complexity index is 280. The molecule has 4 heteroatoms. The molecule has 0 saturated heterocycles. The highest BCUT2D eigenvalue weighted by Crippen LogP contribution is 2.18. The third-order valence-corrected chi connectivity index (χ3v) is 2.05. The lowest BCUT2D eigenvalue weighted by molar-refractivity contribution is -0.101. The van der Waals surface area contributed by atoms with Gasteiger partial charge in [-0.25, -0.2) is 4.39 Å². The predicted octanol–water partition coefficient (Wildman–Crippen LogP) is 1.57. The van der Waals surface area contributed by atoms with Crippen molar-refractivity contribution in [3.05, 3.63) is 29.6 Å². The first kappa shape index (κ1) is 10.9. The highest BCUT2D eigenvalue weighted by atomic mass is 19.1. The van der Waals surface area contributed by atoms with Gasteiger partial charge in [0.1, 0.15) is 5.82 Å². The molecule has 3 nitrogen and oxygen atoms in total. The van der Waals surface area contributed by atoms with Crippen LogP contribution in [0.1, 0.15) is 5.56 Å². The molecule has 0 saturated carbocycles. The number of benzene rings is 1. The van der Waals surface area contributed by atoms with Crippen LogP contribution in [0.4, 0.5) is 10.1 Å². The third kappa shape index (κ3) is 2.43. The summed E-state index contributed by atoms with van der Waals surface area (Å²) in [6, 6.07) is 4.59. The lowest BCUT2D eigenvalue weighted by atomic mass is 10.1. The zero-order valence-electron chi connectivity index (χ0n) is 8.29. The fraction of sp³-hybridized carbons (Fsp3) is 0.400. The lowest BCUT2D eigenvalue weighted by Gasteiger charge is -2.14. The van der Waals surface area contributed by atoms with Crippen LogP contribution in [0.15, 0.2) is 18.2 Å². The van der Waals surface area contributed by atoms with Crippen molar-refractivity contribution < 1.29 is 13.9 Å². The van der Waals surface area contributed by atoms with Crippen molar-refractivity contribution in [2.24, 2.45) is 0 Å². The summed E-state index contributed by atoms with van der Waals surface area (Å²) in [5, 5.41) is 0. The molecule has 0 amide bonds. The van der Waals surface area contributed by atoms with E-state index >= 15 is 0 Å². The van der Waals surface area contributed by atoms with Gasteiger partial charge in [0.05, 0.1) is 0 Å². The van der Waals surface area contributed by atoms with Crippen LogP contribution in [-0.4, -0.2) is 20.5 Å². The van der Waals surface area contributed by atoms with Gasteiger partial charge in [-0.1, -0.05) is 6.07 Å². The first-order chi connectivity index (χ1) is 6.69. The van der Waals surface area contributed by atoms with E-state index in [1.165, 1.54) is 20.3 Å². The lowest BCUT2D eigenvalue weighted by Crippen LogP contribution is -2.17. The van der Waals surface area contributed by atoms with Crippen LogP contribution in [0.25, 0.3) is 0 Å². The summed E-state index contributed by atoms with van der Waals surface area (Å²) in [5.74, 6) is -0.330. The Kier molecular flexibility index (Phi) is 3.85. The molecule has 1 aromatic rings. The number of methoxy groups -OCH3 is 2. The largest absolute Gasteiger partial charge is 0.398 e. The molecule has 0 unspecified atom stereocenters. The summed E-state index contributed by atoms with van der Waals surface area (Å²) in [7, 11) is 3.01. The van der Waals surface area contributed by atoms with Crippen LogP contribution in [-0.2, 0) is 15.9 Å². The van der Waals surface area contributed by atoms with Crippen LogP contribution >= 0.6 is 0 Å². The Labute approximate surface area is 82.6 Å². The average molecular weight is 199 g/mol. The highest BCUT2D eigenvalue weighted by molar-refractivity contribution is 5.47. The summed E-state index contributed by atoms with van der Waals surface area (Å²) in [6.45, 7) is 0. The number of nitrogens with two attached hydrogens (primary N) is 1. The van der Waals surface area contributed by atoms with Gasteiger partial charge in [-0.05, 0) is 12.1 Å². The molecule has 0 spiro atoms. The van der Waals surface area contributed by atoms with Crippen molar-refractivity contribution >= 4 is 5.69 Å². The molecule has 1 aromatic carbocycles. The van der Waals surface area contributed by atoms with Crippen molar-refractivity contribution in [2.45, 2.75) is 12.7 Å². The monoisotopic (exact) mass is 199 g/mol. The minimum Gasteiger partial charge on any atom is -0.398 e. The van der Waals surface area contributed by atoms with Gasteiger partial charge in [0, 0.05) is 31.9 Å². The normalized spacial score (nSPS) is 10.9. The molecule has 0 aliphatic heterocycles. The number of nitrogen functional groups attached to an aromatic ring is 1. The number of hydrogen-bond donors (Lipinski definition) is 1. The minimum atomic E-state index is -0.464. The van der Waals surface area contributed by atoms with E-state index in [2.05, 4.69) is 0 Å². The molecule has 0 bridgehead atoms.